The van der Waals surface area contributed by atoms with E-state index in [1.54, 1.807) is 0 Å². The van der Waals surface area contributed by atoms with Gasteiger partial charge >= 0.3 is 0 Å². The van der Waals surface area contributed by atoms with Gasteiger partial charge in [-0.1, -0.05) is 56.8 Å². The first-order valence-corrected chi connectivity index (χ1v) is 10.5. The standard InChI is InChI=1S/C22H25FN4OS/c1-5-27-20(15-6-8-16(9-7-15)22(2,3)4)25-26-21(27)29-14-19(28)24-18-12-10-17(23)11-13-18/h6-13H,5,14H2,1-4H3,(H,24,28). The van der Waals surface area contributed by atoms with Gasteiger partial charge in [0.15, 0.2) is 11.0 Å². The van der Waals surface area contributed by atoms with Crippen molar-refractivity contribution in [3.8, 4) is 11.4 Å². The molecule has 0 aliphatic rings. The van der Waals surface area contributed by atoms with Crippen molar-refractivity contribution >= 4 is 23.4 Å². The van der Waals surface area contributed by atoms with Crippen molar-refractivity contribution in [2.24, 2.45) is 0 Å². The number of carbonyl (C=O) groups excluding carboxylic acids is 1. The number of carbonyl (C=O) groups is 1. The summed E-state index contributed by atoms with van der Waals surface area (Å²) < 4.78 is 15.0. The second kappa shape index (κ2) is 8.78. The fourth-order valence-electron chi connectivity index (χ4n) is 2.87. The summed E-state index contributed by atoms with van der Waals surface area (Å²) in [4.78, 5) is 12.2. The Bertz CT molecular complexity index is 976. The SMILES string of the molecule is CCn1c(SCC(=O)Nc2ccc(F)cc2)nnc1-c1ccc(C(C)(C)C)cc1. The first-order valence-electron chi connectivity index (χ1n) is 9.50. The topological polar surface area (TPSA) is 59.8 Å². The Hall–Kier alpha value is -2.67. The van der Waals surface area contributed by atoms with Crippen LogP contribution in [0.4, 0.5) is 10.1 Å². The maximum Gasteiger partial charge on any atom is 0.234 e. The van der Waals surface area contributed by atoms with Crippen molar-refractivity contribution in [3.05, 3.63) is 59.9 Å². The fourth-order valence-corrected chi connectivity index (χ4v) is 3.68. The van der Waals surface area contributed by atoms with Crippen LogP contribution < -0.4 is 5.32 Å². The average molecular weight is 413 g/mol. The van der Waals surface area contributed by atoms with Crippen LogP contribution in [0, 0.1) is 5.82 Å². The number of halogens is 1. The predicted molar refractivity (Wildman–Crippen MR) is 116 cm³/mol. The van der Waals surface area contributed by atoms with Crippen LogP contribution in [0.15, 0.2) is 53.7 Å². The summed E-state index contributed by atoms with van der Waals surface area (Å²) in [5.74, 6) is 0.465. The normalized spacial score (nSPS) is 11.5. The number of amides is 1. The quantitative estimate of drug-likeness (QED) is 0.570. The predicted octanol–water partition coefficient (Wildman–Crippen LogP) is 5.13. The van der Waals surface area contributed by atoms with E-state index in [0.717, 1.165) is 11.4 Å². The number of anilines is 1. The zero-order valence-electron chi connectivity index (χ0n) is 17.1. The Morgan fingerprint density at radius 3 is 2.31 bits per heavy atom. The zero-order chi connectivity index (χ0) is 21.0. The Kier molecular flexibility index (Phi) is 6.37. The molecule has 152 valence electrons. The van der Waals surface area contributed by atoms with Crippen molar-refractivity contribution in [1.82, 2.24) is 14.8 Å². The van der Waals surface area contributed by atoms with Crippen LogP contribution in [0.25, 0.3) is 11.4 Å². The lowest BCUT2D eigenvalue weighted by Gasteiger charge is -2.19. The Morgan fingerprint density at radius 2 is 1.72 bits per heavy atom. The maximum atomic E-state index is 13.0. The molecule has 0 aliphatic carbocycles. The molecule has 0 saturated heterocycles. The van der Waals surface area contributed by atoms with Gasteiger partial charge in [0, 0.05) is 17.8 Å². The molecular weight excluding hydrogens is 387 g/mol. The van der Waals surface area contributed by atoms with Gasteiger partial charge in [-0.2, -0.15) is 0 Å². The van der Waals surface area contributed by atoms with Crippen molar-refractivity contribution in [1.29, 1.82) is 0 Å². The molecule has 0 aliphatic heterocycles. The molecule has 29 heavy (non-hydrogen) atoms. The molecule has 1 aromatic heterocycles. The van der Waals surface area contributed by atoms with E-state index in [1.807, 2.05) is 11.5 Å². The van der Waals surface area contributed by atoms with Crippen LogP contribution in [0.5, 0.6) is 0 Å². The maximum absolute atomic E-state index is 13.0. The van der Waals surface area contributed by atoms with Crippen LogP contribution in [-0.4, -0.2) is 26.4 Å². The molecule has 3 rings (SSSR count). The molecule has 7 heteroatoms. The largest absolute Gasteiger partial charge is 0.325 e. The summed E-state index contributed by atoms with van der Waals surface area (Å²) in [5, 5.41) is 12.1. The van der Waals surface area contributed by atoms with Crippen molar-refractivity contribution in [2.45, 2.75) is 44.8 Å². The lowest BCUT2D eigenvalue weighted by molar-refractivity contribution is -0.113. The minimum Gasteiger partial charge on any atom is -0.325 e. The molecule has 3 aromatic rings. The van der Waals surface area contributed by atoms with E-state index < -0.39 is 0 Å². The minimum atomic E-state index is -0.337. The van der Waals surface area contributed by atoms with Gasteiger partial charge in [-0.15, -0.1) is 10.2 Å². The molecule has 2 aromatic carbocycles. The second-order valence-electron chi connectivity index (χ2n) is 7.72. The van der Waals surface area contributed by atoms with E-state index in [-0.39, 0.29) is 22.9 Å². The smallest absolute Gasteiger partial charge is 0.234 e. The van der Waals surface area contributed by atoms with Crippen LogP contribution >= 0.6 is 11.8 Å². The number of hydrogen-bond donors (Lipinski definition) is 1. The Balaban J connectivity index is 1.69. The van der Waals surface area contributed by atoms with Gasteiger partial charge in [-0.3, -0.25) is 4.79 Å². The summed E-state index contributed by atoms with van der Waals surface area (Å²) >= 11 is 1.33. The van der Waals surface area contributed by atoms with Crippen LogP contribution in [0.3, 0.4) is 0 Å². The van der Waals surface area contributed by atoms with E-state index in [9.17, 15) is 9.18 Å². The highest BCUT2D eigenvalue weighted by Gasteiger charge is 2.17. The van der Waals surface area contributed by atoms with Crippen LogP contribution in [-0.2, 0) is 16.8 Å². The summed E-state index contributed by atoms with van der Waals surface area (Å²) in [6.07, 6.45) is 0. The second-order valence-corrected chi connectivity index (χ2v) is 8.66. The van der Waals surface area contributed by atoms with Gasteiger partial charge in [-0.25, -0.2) is 4.39 Å². The Morgan fingerprint density at radius 1 is 1.07 bits per heavy atom. The van der Waals surface area contributed by atoms with Gasteiger partial charge in [0.25, 0.3) is 0 Å². The molecule has 0 unspecified atom stereocenters. The summed E-state index contributed by atoms with van der Waals surface area (Å²) in [7, 11) is 0. The highest BCUT2D eigenvalue weighted by molar-refractivity contribution is 7.99. The Labute approximate surface area is 174 Å². The zero-order valence-corrected chi connectivity index (χ0v) is 17.9. The number of nitrogens with zero attached hydrogens (tertiary/aromatic N) is 3. The van der Waals surface area contributed by atoms with Crippen molar-refractivity contribution < 1.29 is 9.18 Å². The van der Waals surface area contributed by atoms with E-state index in [4.69, 9.17) is 0 Å². The first kappa shape index (κ1) is 21.0. The van der Waals surface area contributed by atoms with Gasteiger partial charge in [0.1, 0.15) is 5.82 Å². The molecule has 0 radical (unpaired) electrons. The van der Waals surface area contributed by atoms with Crippen LogP contribution in [0.1, 0.15) is 33.3 Å². The molecule has 0 bridgehead atoms. The molecule has 1 heterocycles. The lowest BCUT2D eigenvalue weighted by Crippen LogP contribution is -2.14. The third-order valence-electron chi connectivity index (χ3n) is 4.50. The number of aromatic nitrogens is 3. The molecule has 0 saturated carbocycles. The molecule has 0 atom stereocenters. The number of nitrogens with one attached hydrogen (secondary N) is 1. The van der Waals surface area contributed by atoms with E-state index in [0.29, 0.717) is 17.4 Å². The number of thioether (sulfide) groups is 1. The molecule has 1 amide bonds. The highest BCUT2D eigenvalue weighted by atomic mass is 32.2. The van der Waals surface area contributed by atoms with E-state index >= 15 is 0 Å². The molecular formula is C22H25FN4OS. The molecule has 1 N–H and O–H groups in total. The van der Waals surface area contributed by atoms with Gasteiger partial charge in [0.2, 0.25) is 5.91 Å². The monoisotopic (exact) mass is 412 g/mol. The van der Waals surface area contributed by atoms with Crippen LogP contribution in [0.2, 0.25) is 0 Å². The van der Waals surface area contributed by atoms with Crippen molar-refractivity contribution in [2.75, 3.05) is 11.1 Å². The average Bonchev–Trinajstić information content (AvgIpc) is 3.10. The molecule has 0 fully saturated rings. The summed E-state index contributed by atoms with van der Waals surface area (Å²) in [6.45, 7) is 9.27. The third kappa shape index (κ3) is 5.23. The summed E-state index contributed by atoms with van der Waals surface area (Å²) in [6, 6.07) is 14.1. The van der Waals surface area contributed by atoms with Gasteiger partial charge in [-0.05, 0) is 42.2 Å². The number of benzene rings is 2. The third-order valence-corrected chi connectivity index (χ3v) is 5.47. The van der Waals surface area contributed by atoms with Gasteiger partial charge < -0.3 is 9.88 Å². The summed E-state index contributed by atoms with van der Waals surface area (Å²) in [5.41, 5.74) is 2.91. The molecule has 5 nitrogen and oxygen atoms in total. The lowest BCUT2D eigenvalue weighted by atomic mass is 9.87. The van der Waals surface area contributed by atoms with E-state index in [2.05, 4.69) is 60.6 Å². The number of hydrogen-bond acceptors (Lipinski definition) is 4. The first-order chi connectivity index (χ1) is 13.8. The van der Waals surface area contributed by atoms with Gasteiger partial charge in [0.05, 0.1) is 5.75 Å². The molecule has 0 spiro atoms. The van der Waals surface area contributed by atoms with Crippen molar-refractivity contribution in [3.63, 3.8) is 0 Å². The highest BCUT2D eigenvalue weighted by Crippen LogP contribution is 2.27. The number of rotatable bonds is 6. The van der Waals surface area contributed by atoms with E-state index in [1.165, 1.54) is 41.6 Å². The fraction of sp³-hybridized carbons (Fsp3) is 0.318. The minimum absolute atomic E-state index is 0.0931.